The zero-order valence-electron chi connectivity index (χ0n) is 17.0. The fourth-order valence-corrected chi connectivity index (χ4v) is 5.59. The van der Waals surface area contributed by atoms with E-state index in [-0.39, 0.29) is 10.6 Å². The molecular weight excluding hydrogens is 372 g/mol. The van der Waals surface area contributed by atoms with Crippen molar-refractivity contribution in [2.75, 3.05) is 12.9 Å². The lowest BCUT2D eigenvalue weighted by Crippen LogP contribution is -2.32. The van der Waals surface area contributed by atoms with E-state index in [0.717, 1.165) is 24.7 Å². The van der Waals surface area contributed by atoms with Crippen LogP contribution in [0.2, 0.25) is 0 Å². The van der Waals surface area contributed by atoms with Gasteiger partial charge in [-0.25, -0.2) is 8.42 Å². The highest BCUT2D eigenvalue weighted by atomic mass is 32.2. The molecule has 0 fully saturated rings. The zero-order valence-corrected chi connectivity index (χ0v) is 17.8. The highest BCUT2D eigenvalue weighted by Crippen LogP contribution is 2.33. The average Bonchev–Trinajstić information content (AvgIpc) is 2.71. The van der Waals surface area contributed by atoms with E-state index in [2.05, 4.69) is 0 Å². The smallest absolute Gasteiger partial charge is 0.179 e. The first kappa shape index (κ1) is 22.2. The Morgan fingerprint density at radius 1 is 1.07 bits per heavy atom. The molecule has 2 aromatic rings. The SMILES string of the molecule is CCCCC(C=O)(CC)CS(=O)(=O)c1ccc(OC)cc1Cc1ccccc1. The lowest BCUT2D eigenvalue weighted by molar-refractivity contribution is -0.115. The summed E-state index contributed by atoms with van der Waals surface area (Å²) in [7, 11) is -2.07. The fourth-order valence-electron chi connectivity index (χ4n) is 3.45. The van der Waals surface area contributed by atoms with E-state index in [1.807, 2.05) is 44.2 Å². The molecule has 2 aromatic carbocycles. The van der Waals surface area contributed by atoms with Crippen molar-refractivity contribution in [3.63, 3.8) is 0 Å². The van der Waals surface area contributed by atoms with Crippen LogP contribution in [-0.2, 0) is 21.1 Å². The number of unbranched alkanes of at least 4 members (excludes halogenated alkanes) is 1. The monoisotopic (exact) mass is 402 g/mol. The van der Waals surface area contributed by atoms with Crippen LogP contribution in [-0.4, -0.2) is 27.6 Å². The van der Waals surface area contributed by atoms with E-state index in [0.29, 0.717) is 30.6 Å². The van der Waals surface area contributed by atoms with Crippen molar-refractivity contribution >= 4 is 16.1 Å². The molecule has 5 heteroatoms. The van der Waals surface area contributed by atoms with Gasteiger partial charge in [-0.1, -0.05) is 57.0 Å². The largest absolute Gasteiger partial charge is 0.497 e. The predicted molar refractivity (Wildman–Crippen MR) is 113 cm³/mol. The summed E-state index contributed by atoms with van der Waals surface area (Å²) in [4.78, 5) is 12.2. The van der Waals surface area contributed by atoms with Gasteiger partial charge in [0.25, 0.3) is 0 Å². The van der Waals surface area contributed by atoms with E-state index in [1.165, 1.54) is 0 Å². The highest BCUT2D eigenvalue weighted by molar-refractivity contribution is 7.91. The summed E-state index contributed by atoms with van der Waals surface area (Å²) in [6.07, 6.45) is 4.20. The van der Waals surface area contributed by atoms with Crippen molar-refractivity contribution < 1.29 is 17.9 Å². The fraction of sp³-hybridized carbons (Fsp3) is 0.435. The van der Waals surface area contributed by atoms with Gasteiger partial charge in [-0.05, 0) is 48.6 Å². The molecule has 1 atom stereocenters. The van der Waals surface area contributed by atoms with Crippen LogP contribution in [0, 0.1) is 5.41 Å². The Morgan fingerprint density at radius 2 is 1.79 bits per heavy atom. The Hall–Kier alpha value is -2.14. The Kier molecular flexibility index (Phi) is 7.81. The van der Waals surface area contributed by atoms with Gasteiger partial charge < -0.3 is 9.53 Å². The van der Waals surface area contributed by atoms with Crippen LogP contribution >= 0.6 is 0 Å². The van der Waals surface area contributed by atoms with E-state index < -0.39 is 15.3 Å². The average molecular weight is 403 g/mol. The molecule has 0 spiro atoms. The number of aldehydes is 1. The first-order valence-corrected chi connectivity index (χ1v) is 11.4. The van der Waals surface area contributed by atoms with Crippen molar-refractivity contribution in [1.82, 2.24) is 0 Å². The van der Waals surface area contributed by atoms with Crippen molar-refractivity contribution in [3.8, 4) is 5.75 Å². The number of hydrogen-bond donors (Lipinski definition) is 0. The molecule has 0 bridgehead atoms. The standard InChI is InChI=1S/C23H30O4S/c1-4-6-14-23(5-2,17-24)18-28(25,26)22-13-12-21(27-3)16-20(22)15-19-10-8-7-9-11-19/h7-13,16-17H,4-6,14-15,18H2,1-3H3. The van der Waals surface area contributed by atoms with Crippen LogP contribution in [0.5, 0.6) is 5.75 Å². The molecular formula is C23H30O4S. The lowest BCUT2D eigenvalue weighted by Gasteiger charge is -2.27. The number of carbonyl (C=O) groups excluding carboxylic acids is 1. The summed E-state index contributed by atoms with van der Waals surface area (Å²) in [5, 5.41) is 0. The molecule has 0 aliphatic heterocycles. The number of sulfone groups is 1. The van der Waals surface area contributed by atoms with Crippen LogP contribution in [0.3, 0.4) is 0 Å². The minimum atomic E-state index is -3.64. The summed E-state index contributed by atoms with van der Waals surface area (Å²) in [6.45, 7) is 3.93. The zero-order chi connectivity index (χ0) is 20.6. The number of hydrogen-bond acceptors (Lipinski definition) is 4. The van der Waals surface area contributed by atoms with E-state index in [4.69, 9.17) is 4.74 Å². The third-order valence-electron chi connectivity index (χ3n) is 5.30. The van der Waals surface area contributed by atoms with Crippen LogP contribution in [0.25, 0.3) is 0 Å². The minimum absolute atomic E-state index is 0.159. The van der Waals surface area contributed by atoms with Gasteiger partial charge in [0.05, 0.1) is 17.8 Å². The molecule has 0 amide bonds. The van der Waals surface area contributed by atoms with E-state index in [9.17, 15) is 13.2 Å². The normalized spacial score (nSPS) is 13.7. The van der Waals surface area contributed by atoms with Gasteiger partial charge in [-0.2, -0.15) is 0 Å². The third-order valence-corrected chi connectivity index (χ3v) is 7.32. The second kappa shape index (κ2) is 9.87. The van der Waals surface area contributed by atoms with Crippen LogP contribution in [0.15, 0.2) is 53.4 Å². The van der Waals surface area contributed by atoms with Gasteiger partial charge in [-0.3, -0.25) is 0 Å². The van der Waals surface area contributed by atoms with Gasteiger partial charge in [0.2, 0.25) is 0 Å². The summed E-state index contributed by atoms with van der Waals surface area (Å²) in [5.74, 6) is 0.460. The van der Waals surface area contributed by atoms with Gasteiger partial charge >= 0.3 is 0 Å². The molecule has 0 N–H and O–H groups in total. The number of rotatable bonds is 11. The molecule has 1 unspecified atom stereocenters. The van der Waals surface area contributed by atoms with Crippen LogP contribution in [0.1, 0.15) is 50.7 Å². The Morgan fingerprint density at radius 3 is 2.36 bits per heavy atom. The van der Waals surface area contributed by atoms with Crippen LogP contribution in [0.4, 0.5) is 0 Å². The summed E-state index contributed by atoms with van der Waals surface area (Å²) >= 11 is 0. The molecule has 4 nitrogen and oxygen atoms in total. The lowest BCUT2D eigenvalue weighted by atomic mass is 9.84. The molecule has 0 aromatic heterocycles. The first-order chi connectivity index (χ1) is 13.4. The van der Waals surface area contributed by atoms with E-state index >= 15 is 0 Å². The van der Waals surface area contributed by atoms with Crippen molar-refractivity contribution in [1.29, 1.82) is 0 Å². The summed E-state index contributed by atoms with van der Waals surface area (Å²) in [5.41, 5.74) is 0.881. The molecule has 0 aliphatic rings. The maximum atomic E-state index is 13.3. The maximum Gasteiger partial charge on any atom is 0.179 e. The van der Waals surface area contributed by atoms with E-state index in [1.54, 1.807) is 25.3 Å². The Balaban J connectivity index is 2.44. The number of methoxy groups -OCH3 is 1. The van der Waals surface area contributed by atoms with Gasteiger partial charge in [0.1, 0.15) is 12.0 Å². The van der Waals surface area contributed by atoms with Gasteiger partial charge in [0, 0.05) is 5.41 Å². The van der Waals surface area contributed by atoms with Gasteiger partial charge in [-0.15, -0.1) is 0 Å². The quantitative estimate of drug-likeness (QED) is 0.504. The molecule has 152 valence electrons. The number of benzene rings is 2. The molecule has 0 saturated carbocycles. The molecule has 0 aliphatic carbocycles. The predicted octanol–water partition coefficient (Wildman–Crippen LogP) is 4.85. The summed E-state index contributed by atoms with van der Waals surface area (Å²) in [6, 6.07) is 14.8. The maximum absolute atomic E-state index is 13.3. The minimum Gasteiger partial charge on any atom is -0.497 e. The molecule has 0 radical (unpaired) electrons. The molecule has 28 heavy (non-hydrogen) atoms. The summed E-state index contributed by atoms with van der Waals surface area (Å²) < 4.78 is 32.0. The molecule has 0 saturated heterocycles. The Bertz CT molecular complexity index is 875. The molecule has 0 heterocycles. The topological polar surface area (TPSA) is 60.4 Å². The first-order valence-electron chi connectivity index (χ1n) is 9.79. The van der Waals surface area contributed by atoms with Crippen LogP contribution < -0.4 is 4.74 Å². The molecule has 2 rings (SSSR count). The second-order valence-electron chi connectivity index (χ2n) is 7.33. The number of carbonyl (C=O) groups is 1. The van der Waals surface area contributed by atoms with Crippen molar-refractivity contribution in [3.05, 3.63) is 59.7 Å². The Labute approximate surface area is 168 Å². The highest BCUT2D eigenvalue weighted by Gasteiger charge is 2.35. The van der Waals surface area contributed by atoms with Gasteiger partial charge in [0.15, 0.2) is 9.84 Å². The number of ether oxygens (including phenoxy) is 1. The third kappa shape index (κ3) is 5.44. The van der Waals surface area contributed by atoms with Crippen molar-refractivity contribution in [2.24, 2.45) is 5.41 Å². The second-order valence-corrected chi connectivity index (χ2v) is 9.29. The van der Waals surface area contributed by atoms with Crippen molar-refractivity contribution in [2.45, 2.75) is 50.8 Å².